The number of thiol groups is 1. The Balaban J connectivity index is 1.58. The number of carboxylic acid groups (broad SMARTS) is 1. The van der Waals surface area contributed by atoms with Gasteiger partial charge in [0.25, 0.3) is 0 Å². The van der Waals surface area contributed by atoms with E-state index in [2.05, 4.69) is 64.8 Å². The molecule has 7 atom stereocenters. The number of carbonyl (C=O) groups excluding carboxylic acids is 7. The number of phenolic OH excluding ortho intramolecular Hbond substituents is 1. The number of likely N-dealkylation sites (N-methyl/N-ethyl adjacent to an activating group) is 1. The first kappa shape index (κ1) is 57.4. The molecule has 0 aliphatic carbocycles. The van der Waals surface area contributed by atoms with Crippen LogP contribution in [0.25, 0.3) is 0 Å². The number of amides is 7. The van der Waals surface area contributed by atoms with E-state index < -0.39 is 100 Å². The molecule has 1 saturated heterocycles. The molecule has 0 radical (unpaired) electrons. The number of nitrogens with two attached hydrogens (primary N) is 2. The Bertz CT molecular complexity index is 2340. The van der Waals surface area contributed by atoms with E-state index in [1.165, 1.54) is 29.6 Å². The molecule has 7 amide bonds. The number of H-pyrrole nitrogens is 1. The highest BCUT2D eigenvalue weighted by Gasteiger charge is 2.42. The van der Waals surface area contributed by atoms with Crippen LogP contribution in [0, 0.1) is 5.92 Å². The lowest BCUT2D eigenvalue weighted by molar-refractivity contribution is -0.145. The van der Waals surface area contributed by atoms with Crippen LogP contribution in [-0.4, -0.2) is 152 Å². The molecule has 72 heavy (non-hydrogen) atoms. The van der Waals surface area contributed by atoms with Crippen LogP contribution in [0.5, 0.6) is 5.75 Å². The highest BCUT2D eigenvalue weighted by atomic mass is 32.1. The second-order valence-electron chi connectivity index (χ2n) is 18.5. The molecule has 2 heterocycles. The van der Waals surface area contributed by atoms with Gasteiger partial charge >= 0.3 is 5.97 Å². The number of aromatic hydroxyl groups is 1. The number of aromatic amines is 1. The maximum Gasteiger partial charge on any atom is 0.326 e. The summed E-state index contributed by atoms with van der Waals surface area (Å²) in [6.45, 7) is 6.67. The van der Waals surface area contributed by atoms with Crippen molar-refractivity contribution in [2.45, 2.75) is 120 Å². The molecule has 0 saturated carbocycles. The van der Waals surface area contributed by atoms with Crippen LogP contribution >= 0.6 is 12.6 Å². The highest BCUT2D eigenvalue weighted by molar-refractivity contribution is 7.81. The van der Waals surface area contributed by atoms with Crippen LogP contribution in [0.1, 0.15) is 70.2 Å². The van der Waals surface area contributed by atoms with E-state index in [0.717, 1.165) is 0 Å². The molecular formula is C48H69N13O10S. The molecular weight excluding hydrogens is 951 g/mol. The molecule has 0 unspecified atom stereocenters. The van der Waals surface area contributed by atoms with Gasteiger partial charge in [-0.3, -0.25) is 38.6 Å². The number of aromatic nitrogens is 2. The number of phenols is 1. The fourth-order valence-electron chi connectivity index (χ4n) is 8.00. The quantitative estimate of drug-likeness (QED) is 0.0184. The summed E-state index contributed by atoms with van der Waals surface area (Å²) in [7, 11) is 1.56. The maximum absolute atomic E-state index is 14.5. The second kappa shape index (κ2) is 27.4. The Morgan fingerprint density at radius 2 is 1.46 bits per heavy atom. The van der Waals surface area contributed by atoms with Crippen LogP contribution < -0.4 is 48.7 Å². The molecule has 24 heteroatoms. The fourth-order valence-corrected chi connectivity index (χ4v) is 8.19. The van der Waals surface area contributed by atoms with Crippen LogP contribution in [0.4, 0.5) is 0 Å². The van der Waals surface area contributed by atoms with Gasteiger partial charge in [-0.1, -0.05) is 56.3 Å². The largest absolute Gasteiger partial charge is 0.508 e. The molecule has 1 aromatic heterocycles. The van der Waals surface area contributed by atoms with Gasteiger partial charge in [0.2, 0.25) is 41.4 Å². The van der Waals surface area contributed by atoms with Crippen LogP contribution in [0.2, 0.25) is 0 Å². The first-order chi connectivity index (χ1) is 34.1. The van der Waals surface area contributed by atoms with Crippen molar-refractivity contribution in [1.82, 2.24) is 52.1 Å². The Kier molecular flexibility index (Phi) is 21.8. The van der Waals surface area contributed by atoms with E-state index in [0.29, 0.717) is 29.7 Å². The topological polar surface area (TPSA) is 358 Å². The van der Waals surface area contributed by atoms with Gasteiger partial charge in [-0.2, -0.15) is 12.6 Å². The lowest BCUT2D eigenvalue weighted by Crippen LogP contribution is -2.63. The molecule has 14 N–H and O–H groups in total. The van der Waals surface area contributed by atoms with Gasteiger partial charge in [-0.15, -0.1) is 0 Å². The molecule has 1 fully saturated rings. The standard InChI is InChI=1S/C48H69N13O10S/c1-27(2)38(59-40(64)32(55-37(63)25-51-5)13-9-19-53-47(49)50)43(67)56-33(21-29-15-17-31(62)18-16-29)41(65)60-39(48(3,4)72)44(68)57-34(23-30-24-52-26-54-30)45(69)61-20-10-14-36(61)42(66)58-35(46(70)71)22-28-11-7-6-8-12-28/h6-8,11-12,15-18,24,26-27,32-36,38-39,51,62,72H,9-10,13-14,19-23,25H2,1-5H3,(H,52,54)(H,55,63)(H,56,67)(H,57,68)(H,58,66)(H,59,64)(H,60,65)(H,70,71)(H4,49,50,53)/t32-,33-,34-,35-,36-,38-,39+/m0/s1. The minimum atomic E-state index is -1.47. The molecule has 4 rings (SSSR count). The summed E-state index contributed by atoms with van der Waals surface area (Å²) in [5.41, 5.74) is 12.5. The van der Waals surface area contributed by atoms with Crippen molar-refractivity contribution < 1.29 is 48.6 Å². The van der Waals surface area contributed by atoms with Gasteiger partial charge in [0, 0.05) is 49.0 Å². The summed E-state index contributed by atoms with van der Waals surface area (Å²) in [5, 5.41) is 38.9. The Morgan fingerprint density at radius 3 is 2.06 bits per heavy atom. The predicted octanol–water partition coefficient (Wildman–Crippen LogP) is -1.24. The number of carbonyl (C=O) groups is 8. The zero-order valence-corrected chi connectivity index (χ0v) is 42.0. The van der Waals surface area contributed by atoms with Crippen molar-refractivity contribution in [2.75, 3.05) is 26.7 Å². The number of rotatable bonds is 27. The van der Waals surface area contributed by atoms with E-state index in [-0.39, 0.29) is 63.4 Å². The Labute approximate surface area is 423 Å². The lowest BCUT2D eigenvalue weighted by atomic mass is 9.98. The van der Waals surface area contributed by atoms with E-state index in [1.807, 2.05) is 0 Å². The van der Waals surface area contributed by atoms with Crippen LogP contribution in [-0.2, 0) is 57.6 Å². The maximum atomic E-state index is 14.5. The number of benzene rings is 2. The monoisotopic (exact) mass is 1020 g/mol. The molecule has 23 nitrogen and oxygen atoms in total. The summed E-state index contributed by atoms with van der Waals surface area (Å²) in [5.74, 6) is -6.94. The number of imidazole rings is 1. The van der Waals surface area contributed by atoms with Gasteiger partial charge in [-0.05, 0) is 75.8 Å². The first-order valence-electron chi connectivity index (χ1n) is 23.6. The van der Waals surface area contributed by atoms with E-state index in [9.17, 15) is 48.6 Å². The smallest absolute Gasteiger partial charge is 0.326 e. The number of hydrogen-bond donors (Lipinski definition) is 13. The predicted molar refractivity (Wildman–Crippen MR) is 270 cm³/mol. The van der Waals surface area contributed by atoms with E-state index in [1.54, 1.807) is 77.2 Å². The fraction of sp³-hybridized carbons (Fsp3) is 0.500. The van der Waals surface area contributed by atoms with Crippen molar-refractivity contribution >= 4 is 65.9 Å². The number of likely N-dealkylation sites (tertiary alicyclic amines) is 1. The molecule has 0 bridgehead atoms. The normalized spacial score (nSPS) is 15.9. The van der Waals surface area contributed by atoms with Crippen molar-refractivity contribution in [1.29, 1.82) is 0 Å². The summed E-state index contributed by atoms with van der Waals surface area (Å²) in [6.07, 6.45) is 3.64. The number of aliphatic imine (C=N–C) groups is 1. The number of nitrogens with zero attached hydrogens (tertiary/aromatic N) is 3. The number of hydrogen-bond acceptors (Lipinski definition) is 13. The molecule has 1 aliphatic rings. The Morgan fingerprint density at radius 1 is 0.819 bits per heavy atom. The Hall–Kier alpha value is -7.21. The van der Waals surface area contributed by atoms with Crippen molar-refractivity contribution in [2.24, 2.45) is 22.4 Å². The van der Waals surface area contributed by atoms with Crippen molar-refractivity contribution in [3.8, 4) is 5.75 Å². The van der Waals surface area contributed by atoms with Crippen molar-refractivity contribution in [3.63, 3.8) is 0 Å². The summed E-state index contributed by atoms with van der Waals surface area (Å²) in [4.78, 5) is 122. The summed E-state index contributed by atoms with van der Waals surface area (Å²) >= 11 is 4.68. The van der Waals surface area contributed by atoms with Crippen LogP contribution in [0.3, 0.4) is 0 Å². The third-order valence-corrected chi connectivity index (χ3v) is 12.0. The van der Waals surface area contributed by atoms with Gasteiger partial charge < -0.3 is 68.8 Å². The lowest BCUT2D eigenvalue weighted by Gasteiger charge is -2.34. The molecule has 1 aliphatic heterocycles. The third-order valence-electron chi connectivity index (χ3n) is 11.8. The summed E-state index contributed by atoms with van der Waals surface area (Å²) in [6, 6.07) is 5.76. The number of carboxylic acids is 1. The minimum Gasteiger partial charge on any atom is -0.508 e. The van der Waals surface area contributed by atoms with E-state index >= 15 is 0 Å². The second-order valence-corrected chi connectivity index (χ2v) is 19.6. The number of nitrogens with one attached hydrogen (secondary N) is 8. The minimum absolute atomic E-state index is 0.00442. The van der Waals surface area contributed by atoms with Gasteiger partial charge in [0.05, 0.1) is 12.9 Å². The molecule has 392 valence electrons. The van der Waals surface area contributed by atoms with Gasteiger partial charge in [0.15, 0.2) is 5.96 Å². The average Bonchev–Trinajstić information content (AvgIpc) is 4.04. The first-order valence-corrected chi connectivity index (χ1v) is 24.1. The molecule has 0 spiro atoms. The van der Waals surface area contributed by atoms with Crippen molar-refractivity contribution in [3.05, 3.63) is 83.9 Å². The molecule has 2 aromatic carbocycles. The zero-order chi connectivity index (χ0) is 53.1. The number of aliphatic carboxylic acids is 1. The van der Waals surface area contributed by atoms with E-state index in [4.69, 9.17) is 11.5 Å². The van der Waals surface area contributed by atoms with Crippen LogP contribution in [0.15, 0.2) is 72.1 Å². The van der Waals surface area contributed by atoms with Gasteiger partial charge in [-0.25, -0.2) is 9.78 Å². The number of guanidine groups is 1. The summed E-state index contributed by atoms with van der Waals surface area (Å²) < 4.78 is -1.32. The van der Waals surface area contributed by atoms with Gasteiger partial charge in [0.1, 0.15) is 48.0 Å². The zero-order valence-electron chi connectivity index (χ0n) is 41.1. The molecule has 3 aromatic rings. The SMILES string of the molecule is CNCC(=O)N[C@@H](CCCN=C(N)N)C(=O)N[C@H](C(=O)N[C@@H](Cc1ccc(O)cc1)C(=O)N[C@H](C(=O)N[C@@H](Cc1cnc[nH]1)C(=O)N1CCC[C@H]1C(=O)N[C@@H](Cc1ccccc1)C(=O)O)C(C)(C)S)C(C)C. The highest BCUT2D eigenvalue weighted by Crippen LogP contribution is 2.23. The third kappa shape index (κ3) is 17.9. The average molecular weight is 1020 g/mol.